The Kier molecular flexibility index (Phi) is 6.42. The normalized spacial score (nSPS) is 17.0. The summed E-state index contributed by atoms with van der Waals surface area (Å²) in [7, 11) is 1.64. The van der Waals surface area contributed by atoms with Crippen LogP contribution in [-0.4, -0.2) is 37.4 Å². The Bertz CT molecular complexity index is 692. The molecule has 1 fully saturated rings. The third-order valence-electron chi connectivity index (χ3n) is 5.32. The van der Waals surface area contributed by atoms with E-state index in [1.165, 1.54) is 5.56 Å². The Morgan fingerprint density at radius 1 is 1.12 bits per heavy atom. The molecule has 1 aliphatic rings. The van der Waals surface area contributed by atoms with Gasteiger partial charge in [-0.15, -0.1) is 0 Å². The average Bonchev–Trinajstić information content (AvgIpc) is 2.72. The topological polar surface area (TPSA) is 55.6 Å². The Hall–Kier alpha value is -2.17. The second-order valence-electron chi connectivity index (χ2n) is 7.01. The van der Waals surface area contributed by atoms with Crippen LogP contribution in [0.2, 0.25) is 0 Å². The number of nitrogens with two attached hydrogens (primary N) is 1. The van der Waals surface area contributed by atoms with Gasteiger partial charge in [0, 0.05) is 17.5 Å². The fourth-order valence-electron chi connectivity index (χ4n) is 3.60. The van der Waals surface area contributed by atoms with E-state index in [-0.39, 0.29) is 17.7 Å². The lowest BCUT2D eigenvalue weighted by atomic mass is 9.88. The molecule has 2 N–H and O–H groups in total. The maximum absolute atomic E-state index is 12.7. The molecule has 0 aromatic heterocycles. The molecule has 138 valence electrons. The summed E-state index contributed by atoms with van der Waals surface area (Å²) in [6.45, 7) is 2.92. The van der Waals surface area contributed by atoms with E-state index in [0.717, 1.165) is 50.2 Å². The fourth-order valence-corrected chi connectivity index (χ4v) is 3.60. The number of carbonyl (C=O) groups is 1. The number of rotatable bonds is 7. The molecule has 4 heteroatoms. The lowest BCUT2D eigenvalue weighted by Gasteiger charge is -2.32. The number of methoxy groups -OCH3 is 1. The molecule has 0 aliphatic carbocycles. The monoisotopic (exact) mass is 352 g/mol. The molecule has 0 saturated carbocycles. The molecule has 1 atom stereocenters. The summed E-state index contributed by atoms with van der Waals surface area (Å²) in [5.74, 6) is 1.17. The molecule has 1 saturated heterocycles. The van der Waals surface area contributed by atoms with E-state index in [9.17, 15) is 4.79 Å². The zero-order chi connectivity index (χ0) is 18.4. The first-order chi connectivity index (χ1) is 12.7. The number of benzene rings is 2. The van der Waals surface area contributed by atoms with Crippen LogP contribution in [-0.2, 0) is 0 Å². The molecular formula is C22H28N2O2. The van der Waals surface area contributed by atoms with Gasteiger partial charge in [-0.3, -0.25) is 4.79 Å². The van der Waals surface area contributed by atoms with Gasteiger partial charge in [-0.25, -0.2) is 0 Å². The number of likely N-dealkylation sites (tertiary alicyclic amines) is 1. The van der Waals surface area contributed by atoms with Crippen molar-refractivity contribution in [3.05, 3.63) is 65.7 Å². The van der Waals surface area contributed by atoms with Gasteiger partial charge in [0.15, 0.2) is 5.78 Å². The Morgan fingerprint density at radius 2 is 1.77 bits per heavy atom. The molecular weight excluding hydrogens is 324 g/mol. The first kappa shape index (κ1) is 18.6. The zero-order valence-electron chi connectivity index (χ0n) is 15.4. The maximum atomic E-state index is 12.7. The van der Waals surface area contributed by atoms with Gasteiger partial charge in [0.2, 0.25) is 0 Å². The lowest BCUT2D eigenvalue weighted by Crippen LogP contribution is -2.37. The van der Waals surface area contributed by atoms with E-state index in [1.807, 2.05) is 42.5 Å². The van der Waals surface area contributed by atoms with Gasteiger partial charge in [0.1, 0.15) is 5.75 Å². The van der Waals surface area contributed by atoms with Crippen LogP contribution in [0.15, 0.2) is 54.6 Å². The first-order valence-electron chi connectivity index (χ1n) is 9.38. The number of hydrogen-bond acceptors (Lipinski definition) is 4. The SMILES string of the molecule is COc1ccc(C(=O)C2CCN(CCC(N)c3ccccc3)CC2)cc1. The third kappa shape index (κ3) is 4.71. The van der Waals surface area contributed by atoms with E-state index < -0.39 is 0 Å². The number of hydrogen-bond donors (Lipinski definition) is 1. The highest BCUT2D eigenvalue weighted by Crippen LogP contribution is 2.24. The average molecular weight is 352 g/mol. The van der Waals surface area contributed by atoms with Gasteiger partial charge >= 0.3 is 0 Å². The first-order valence-corrected chi connectivity index (χ1v) is 9.38. The Morgan fingerprint density at radius 3 is 2.38 bits per heavy atom. The van der Waals surface area contributed by atoms with Gasteiger partial charge in [0.25, 0.3) is 0 Å². The van der Waals surface area contributed by atoms with Crippen LogP contribution in [0, 0.1) is 5.92 Å². The molecule has 3 rings (SSSR count). The van der Waals surface area contributed by atoms with E-state index in [1.54, 1.807) is 7.11 Å². The lowest BCUT2D eigenvalue weighted by molar-refractivity contribution is 0.0838. The largest absolute Gasteiger partial charge is 0.497 e. The minimum atomic E-state index is 0.0786. The van der Waals surface area contributed by atoms with Crippen LogP contribution in [0.1, 0.15) is 41.2 Å². The zero-order valence-corrected chi connectivity index (χ0v) is 15.4. The molecule has 1 heterocycles. The maximum Gasteiger partial charge on any atom is 0.166 e. The quantitative estimate of drug-likeness (QED) is 0.772. The molecule has 0 spiro atoms. The molecule has 0 bridgehead atoms. The van der Waals surface area contributed by atoms with E-state index in [0.29, 0.717) is 0 Å². The van der Waals surface area contributed by atoms with Crippen molar-refractivity contribution >= 4 is 5.78 Å². The standard InChI is InChI=1S/C22H28N2O2/c1-26-20-9-7-18(8-10-20)22(25)19-11-14-24(15-12-19)16-13-21(23)17-5-3-2-4-6-17/h2-10,19,21H,11-16,23H2,1H3. The smallest absolute Gasteiger partial charge is 0.166 e. The van der Waals surface area contributed by atoms with E-state index >= 15 is 0 Å². The summed E-state index contributed by atoms with van der Waals surface area (Å²) >= 11 is 0. The highest BCUT2D eigenvalue weighted by Gasteiger charge is 2.25. The van der Waals surface area contributed by atoms with Crippen LogP contribution in [0.3, 0.4) is 0 Å². The Labute approximate surface area is 156 Å². The molecule has 2 aromatic rings. The van der Waals surface area contributed by atoms with Crippen LogP contribution in [0.4, 0.5) is 0 Å². The summed E-state index contributed by atoms with van der Waals surface area (Å²) < 4.78 is 5.16. The van der Waals surface area contributed by atoms with Crippen LogP contribution >= 0.6 is 0 Å². The molecule has 0 amide bonds. The molecule has 1 unspecified atom stereocenters. The predicted molar refractivity (Wildman–Crippen MR) is 104 cm³/mol. The van der Waals surface area contributed by atoms with Crippen LogP contribution < -0.4 is 10.5 Å². The summed E-state index contributed by atoms with van der Waals surface area (Å²) in [4.78, 5) is 15.1. The molecule has 2 aromatic carbocycles. The van der Waals surface area contributed by atoms with E-state index in [4.69, 9.17) is 10.5 Å². The Balaban J connectivity index is 1.45. The highest BCUT2D eigenvalue weighted by atomic mass is 16.5. The van der Waals surface area contributed by atoms with Crippen molar-refractivity contribution in [2.45, 2.75) is 25.3 Å². The second-order valence-corrected chi connectivity index (χ2v) is 7.01. The van der Waals surface area contributed by atoms with Crippen molar-refractivity contribution in [1.82, 2.24) is 4.90 Å². The molecule has 26 heavy (non-hydrogen) atoms. The van der Waals surface area contributed by atoms with Crippen molar-refractivity contribution in [3.8, 4) is 5.75 Å². The van der Waals surface area contributed by atoms with Crippen molar-refractivity contribution < 1.29 is 9.53 Å². The summed E-state index contributed by atoms with van der Waals surface area (Å²) in [6.07, 6.45) is 2.79. The minimum Gasteiger partial charge on any atom is -0.497 e. The predicted octanol–water partition coefficient (Wildman–Crippen LogP) is 3.68. The summed E-state index contributed by atoms with van der Waals surface area (Å²) in [6, 6.07) is 17.8. The third-order valence-corrected chi connectivity index (χ3v) is 5.32. The van der Waals surface area contributed by atoms with Gasteiger partial charge in [0.05, 0.1) is 7.11 Å². The van der Waals surface area contributed by atoms with Crippen LogP contribution in [0.5, 0.6) is 5.75 Å². The number of Topliss-reactive ketones (excluding diaryl/α,β-unsaturated/α-hetero) is 1. The molecule has 0 radical (unpaired) electrons. The van der Waals surface area contributed by atoms with Crippen molar-refractivity contribution in [2.75, 3.05) is 26.7 Å². The van der Waals surface area contributed by atoms with Crippen LogP contribution in [0.25, 0.3) is 0 Å². The van der Waals surface area contributed by atoms with Gasteiger partial charge in [-0.2, -0.15) is 0 Å². The van der Waals surface area contributed by atoms with Crippen molar-refractivity contribution in [2.24, 2.45) is 11.7 Å². The second kappa shape index (κ2) is 8.97. The van der Waals surface area contributed by atoms with Gasteiger partial charge in [-0.05, 0) is 68.7 Å². The molecule has 1 aliphatic heterocycles. The number of piperidine rings is 1. The minimum absolute atomic E-state index is 0.0786. The summed E-state index contributed by atoms with van der Waals surface area (Å²) in [5.41, 5.74) is 8.28. The summed E-state index contributed by atoms with van der Waals surface area (Å²) in [5, 5.41) is 0. The number of nitrogens with zero attached hydrogens (tertiary/aromatic N) is 1. The van der Waals surface area contributed by atoms with Gasteiger partial charge < -0.3 is 15.4 Å². The molecule has 4 nitrogen and oxygen atoms in total. The van der Waals surface area contributed by atoms with Gasteiger partial charge in [-0.1, -0.05) is 30.3 Å². The van der Waals surface area contributed by atoms with E-state index in [2.05, 4.69) is 17.0 Å². The number of ketones is 1. The highest BCUT2D eigenvalue weighted by molar-refractivity contribution is 5.98. The fraction of sp³-hybridized carbons (Fsp3) is 0.409. The number of carbonyl (C=O) groups excluding carboxylic acids is 1. The van der Waals surface area contributed by atoms with Crippen molar-refractivity contribution in [1.29, 1.82) is 0 Å². The van der Waals surface area contributed by atoms with Crippen molar-refractivity contribution in [3.63, 3.8) is 0 Å². The number of ether oxygens (including phenoxy) is 1.